The van der Waals surface area contributed by atoms with Crippen LogP contribution in [0.3, 0.4) is 0 Å². The number of aromatic nitrogens is 1. The maximum absolute atomic E-state index is 12.7. The zero-order valence-corrected chi connectivity index (χ0v) is 12.5. The Morgan fingerprint density at radius 1 is 1.33 bits per heavy atom. The maximum atomic E-state index is 12.7. The fourth-order valence-corrected chi connectivity index (χ4v) is 2.88. The van der Waals surface area contributed by atoms with Crippen LogP contribution in [0.2, 0.25) is 0 Å². The van der Waals surface area contributed by atoms with Crippen molar-refractivity contribution in [3.05, 3.63) is 41.2 Å². The van der Waals surface area contributed by atoms with Crippen LogP contribution < -0.4 is 11.1 Å². The molecule has 2 aromatic rings. The van der Waals surface area contributed by atoms with Gasteiger partial charge in [-0.05, 0) is 24.3 Å². The lowest BCUT2D eigenvalue weighted by molar-refractivity contribution is -0.117. The molecular formula is C13H12FN3O2S2. The molecule has 110 valence electrons. The second-order valence-corrected chi connectivity index (χ2v) is 5.98. The Morgan fingerprint density at radius 2 is 2.05 bits per heavy atom. The summed E-state index contributed by atoms with van der Waals surface area (Å²) in [5.74, 6) is -0.806. The highest BCUT2D eigenvalue weighted by atomic mass is 32.2. The van der Waals surface area contributed by atoms with E-state index in [1.54, 1.807) is 17.5 Å². The fraction of sp³-hybridized carbons (Fsp3) is 0.154. The molecule has 1 aromatic carbocycles. The Bertz CT molecular complexity index is 643. The van der Waals surface area contributed by atoms with Crippen molar-refractivity contribution >= 4 is 40.0 Å². The summed E-state index contributed by atoms with van der Waals surface area (Å²) in [5, 5.41) is 4.74. The van der Waals surface area contributed by atoms with E-state index in [2.05, 4.69) is 10.3 Å². The van der Waals surface area contributed by atoms with Gasteiger partial charge in [-0.3, -0.25) is 9.59 Å². The van der Waals surface area contributed by atoms with Gasteiger partial charge in [-0.25, -0.2) is 9.37 Å². The van der Waals surface area contributed by atoms with Crippen LogP contribution in [0.5, 0.6) is 0 Å². The predicted molar refractivity (Wildman–Crippen MR) is 80.8 cm³/mol. The van der Waals surface area contributed by atoms with Crippen molar-refractivity contribution in [3.63, 3.8) is 0 Å². The standard InChI is InChI=1S/C13H12FN3O2S2/c14-8-1-3-10(4-2-8)20-7-12(19)17-13-16-9(6-21-13)5-11(15)18/h1-4,6H,5,7H2,(H2,15,18)(H,16,17,19). The zero-order chi connectivity index (χ0) is 15.2. The minimum atomic E-state index is -0.468. The third kappa shape index (κ3) is 5.16. The lowest BCUT2D eigenvalue weighted by Gasteiger charge is -2.02. The molecular weight excluding hydrogens is 313 g/mol. The molecule has 0 unspecified atom stereocenters. The molecule has 1 aromatic heterocycles. The second kappa shape index (κ2) is 7.19. The molecule has 0 radical (unpaired) electrons. The van der Waals surface area contributed by atoms with E-state index in [0.717, 1.165) is 4.90 Å². The number of carbonyl (C=O) groups excluding carboxylic acids is 2. The van der Waals surface area contributed by atoms with Crippen LogP contribution >= 0.6 is 23.1 Å². The summed E-state index contributed by atoms with van der Waals surface area (Å²) in [4.78, 5) is 27.4. The van der Waals surface area contributed by atoms with E-state index < -0.39 is 5.91 Å². The number of nitrogens with zero attached hydrogens (tertiary/aromatic N) is 1. The monoisotopic (exact) mass is 325 g/mol. The molecule has 0 bridgehead atoms. The maximum Gasteiger partial charge on any atom is 0.236 e. The second-order valence-electron chi connectivity index (χ2n) is 4.08. The van der Waals surface area contributed by atoms with E-state index in [0.29, 0.717) is 10.8 Å². The molecule has 1 heterocycles. The summed E-state index contributed by atoms with van der Waals surface area (Å²) in [5.41, 5.74) is 5.60. The summed E-state index contributed by atoms with van der Waals surface area (Å²) in [6.07, 6.45) is 0.0523. The van der Waals surface area contributed by atoms with E-state index in [1.807, 2.05) is 0 Å². The summed E-state index contributed by atoms with van der Waals surface area (Å²) >= 11 is 2.53. The van der Waals surface area contributed by atoms with E-state index in [4.69, 9.17) is 5.73 Å². The molecule has 8 heteroatoms. The lowest BCUT2D eigenvalue weighted by atomic mass is 10.3. The number of hydrogen-bond acceptors (Lipinski definition) is 5. The number of thioether (sulfide) groups is 1. The van der Waals surface area contributed by atoms with Gasteiger partial charge in [0.1, 0.15) is 5.82 Å². The molecule has 2 rings (SSSR count). The number of benzene rings is 1. The average molecular weight is 325 g/mol. The number of carbonyl (C=O) groups is 2. The number of amides is 2. The smallest absolute Gasteiger partial charge is 0.236 e. The number of anilines is 1. The fourth-order valence-electron chi connectivity index (χ4n) is 1.46. The van der Waals surface area contributed by atoms with Crippen molar-refractivity contribution in [3.8, 4) is 0 Å². The Kier molecular flexibility index (Phi) is 5.29. The van der Waals surface area contributed by atoms with Crippen LogP contribution in [0.25, 0.3) is 0 Å². The molecule has 0 saturated heterocycles. The number of thiazole rings is 1. The molecule has 21 heavy (non-hydrogen) atoms. The van der Waals surface area contributed by atoms with Gasteiger partial charge >= 0.3 is 0 Å². The molecule has 5 nitrogen and oxygen atoms in total. The van der Waals surface area contributed by atoms with Crippen molar-refractivity contribution in [2.24, 2.45) is 5.73 Å². The predicted octanol–water partition coefficient (Wildman–Crippen LogP) is 2.04. The summed E-state index contributed by atoms with van der Waals surface area (Å²) in [6.45, 7) is 0. The van der Waals surface area contributed by atoms with Gasteiger partial charge in [0.2, 0.25) is 11.8 Å². The van der Waals surface area contributed by atoms with Crippen molar-refractivity contribution in [1.82, 2.24) is 4.98 Å². The first-order valence-electron chi connectivity index (χ1n) is 5.94. The minimum absolute atomic E-state index is 0.0523. The van der Waals surface area contributed by atoms with Crippen molar-refractivity contribution in [1.29, 1.82) is 0 Å². The van der Waals surface area contributed by atoms with E-state index in [-0.39, 0.29) is 23.9 Å². The van der Waals surface area contributed by atoms with Gasteiger partial charge < -0.3 is 11.1 Å². The van der Waals surface area contributed by atoms with Crippen LogP contribution in [-0.4, -0.2) is 22.6 Å². The molecule has 0 aliphatic heterocycles. The van der Waals surface area contributed by atoms with E-state index in [9.17, 15) is 14.0 Å². The zero-order valence-electron chi connectivity index (χ0n) is 10.8. The molecule has 0 spiro atoms. The lowest BCUT2D eigenvalue weighted by Crippen LogP contribution is -2.15. The minimum Gasteiger partial charge on any atom is -0.369 e. The van der Waals surface area contributed by atoms with Crippen LogP contribution in [0, 0.1) is 5.82 Å². The summed E-state index contributed by atoms with van der Waals surface area (Å²) in [7, 11) is 0. The Hall–Kier alpha value is -1.93. The molecule has 0 atom stereocenters. The third-order valence-corrected chi connectivity index (χ3v) is 4.16. The Morgan fingerprint density at radius 3 is 2.71 bits per heavy atom. The molecule has 0 fully saturated rings. The van der Waals surface area contributed by atoms with Crippen LogP contribution in [0.15, 0.2) is 34.5 Å². The number of nitrogens with one attached hydrogen (secondary N) is 1. The first kappa shape index (κ1) is 15.5. The summed E-state index contributed by atoms with van der Waals surface area (Å²) in [6, 6.07) is 5.91. The Labute approximate surface area is 128 Å². The first-order valence-corrected chi connectivity index (χ1v) is 7.80. The normalized spacial score (nSPS) is 10.3. The molecule has 3 N–H and O–H groups in total. The van der Waals surface area contributed by atoms with Crippen molar-refractivity contribution in [2.75, 3.05) is 11.1 Å². The van der Waals surface area contributed by atoms with Crippen LogP contribution in [-0.2, 0) is 16.0 Å². The molecule has 2 amide bonds. The van der Waals surface area contributed by atoms with Gasteiger partial charge in [-0.1, -0.05) is 0 Å². The number of rotatable bonds is 6. The van der Waals surface area contributed by atoms with Gasteiger partial charge in [0.15, 0.2) is 5.13 Å². The van der Waals surface area contributed by atoms with Gasteiger partial charge in [0, 0.05) is 10.3 Å². The number of hydrogen-bond donors (Lipinski definition) is 2. The first-order chi connectivity index (χ1) is 10.0. The van der Waals surface area contributed by atoms with Crippen molar-refractivity contribution in [2.45, 2.75) is 11.3 Å². The number of nitrogens with two attached hydrogens (primary N) is 1. The highest BCUT2D eigenvalue weighted by Crippen LogP contribution is 2.20. The SMILES string of the molecule is NC(=O)Cc1csc(NC(=O)CSc2ccc(F)cc2)n1. The highest BCUT2D eigenvalue weighted by Gasteiger charge is 2.08. The highest BCUT2D eigenvalue weighted by molar-refractivity contribution is 8.00. The molecule has 0 aliphatic rings. The van der Waals surface area contributed by atoms with Gasteiger partial charge in [-0.2, -0.15) is 0 Å². The quantitative estimate of drug-likeness (QED) is 0.796. The average Bonchev–Trinajstić information content (AvgIpc) is 2.84. The van der Waals surface area contributed by atoms with Gasteiger partial charge in [0.25, 0.3) is 0 Å². The summed E-state index contributed by atoms with van der Waals surface area (Å²) < 4.78 is 12.7. The number of halogens is 1. The third-order valence-electron chi connectivity index (χ3n) is 2.34. The molecule has 0 saturated carbocycles. The van der Waals surface area contributed by atoms with Crippen LogP contribution in [0.1, 0.15) is 5.69 Å². The van der Waals surface area contributed by atoms with Crippen LogP contribution in [0.4, 0.5) is 9.52 Å². The number of primary amides is 1. The topological polar surface area (TPSA) is 85.1 Å². The van der Waals surface area contributed by atoms with E-state index in [1.165, 1.54) is 35.2 Å². The van der Waals surface area contributed by atoms with Gasteiger partial charge in [0.05, 0.1) is 17.9 Å². The molecule has 0 aliphatic carbocycles. The largest absolute Gasteiger partial charge is 0.369 e. The Balaban J connectivity index is 1.82. The van der Waals surface area contributed by atoms with Gasteiger partial charge in [-0.15, -0.1) is 23.1 Å². The van der Waals surface area contributed by atoms with E-state index >= 15 is 0 Å². The van der Waals surface area contributed by atoms with Crippen molar-refractivity contribution < 1.29 is 14.0 Å².